The number of nitrogens with zero attached hydrogens (tertiary/aromatic N) is 3. The van der Waals surface area contributed by atoms with Crippen molar-refractivity contribution < 1.29 is 0 Å². The predicted molar refractivity (Wildman–Crippen MR) is 335 cm³/mol. The highest BCUT2D eigenvalue weighted by atomic mass is 32.1. The van der Waals surface area contributed by atoms with Gasteiger partial charge in [0.15, 0.2) is 0 Å². The number of hydrogen-bond acceptors (Lipinski definition) is 4. The fourth-order valence-corrected chi connectivity index (χ4v) is 15.8. The molecule has 3 nitrogen and oxygen atoms in total. The van der Waals surface area contributed by atoms with Gasteiger partial charge in [0.05, 0.1) is 11.4 Å². The van der Waals surface area contributed by atoms with Gasteiger partial charge < -0.3 is 14.7 Å². The third-order valence-electron chi connectivity index (χ3n) is 19.7. The second-order valence-electron chi connectivity index (χ2n) is 29.1. The van der Waals surface area contributed by atoms with E-state index in [4.69, 9.17) is 0 Å². The summed E-state index contributed by atoms with van der Waals surface area (Å²) in [5, 5.41) is 1.41. The average Bonchev–Trinajstić information content (AvgIpc) is 3.97. The first-order valence-corrected chi connectivity index (χ1v) is 29.8. The molecule has 0 amide bonds. The topological polar surface area (TPSA) is 9.72 Å². The molecule has 392 valence electrons. The second-order valence-corrected chi connectivity index (χ2v) is 30.2. The SMILES string of the molecule is CC(C)(C)c1cc(N2c3ccc(C(C)(C)C)cc3B3c4sc5cc6c(cc5c4N(c4ccc5c(c4)C(C)(C)CCC5(C)C)c4cc(N(c5ccccc5)c5ccccc5)cc2c43)C2(C)CCC6(C)CC2)cc(C(C)(C)C)c1. The molecule has 3 heterocycles. The van der Waals surface area contributed by atoms with Crippen molar-refractivity contribution >= 4 is 95.0 Å². The minimum absolute atomic E-state index is 0.00559. The van der Waals surface area contributed by atoms with Crippen molar-refractivity contribution in [2.24, 2.45) is 0 Å². The van der Waals surface area contributed by atoms with Gasteiger partial charge in [-0.25, -0.2) is 0 Å². The van der Waals surface area contributed by atoms with Crippen LogP contribution in [0.4, 0.5) is 51.2 Å². The lowest BCUT2D eigenvalue weighted by Gasteiger charge is -2.52. The first-order valence-electron chi connectivity index (χ1n) is 29.0. The molecule has 77 heavy (non-hydrogen) atoms. The van der Waals surface area contributed by atoms with Gasteiger partial charge >= 0.3 is 0 Å². The van der Waals surface area contributed by atoms with Crippen LogP contribution in [0.1, 0.15) is 181 Å². The minimum Gasteiger partial charge on any atom is -0.311 e. The van der Waals surface area contributed by atoms with E-state index in [0.717, 1.165) is 23.5 Å². The van der Waals surface area contributed by atoms with E-state index in [2.05, 4.69) is 269 Å². The zero-order valence-corrected chi connectivity index (χ0v) is 49.7. The highest BCUT2D eigenvalue weighted by Crippen LogP contribution is 2.59. The second kappa shape index (κ2) is 16.7. The van der Waals surface area contributed by atoms with Gasteiger partial charge in [0.1, 0.15) is 0 Å². The van der Waals surface area contributed by atoms with Gasteiger partial charge in [0, 0.05) is 54.7 Å². The average molecular weight is 1030 g/mol. The molecule has 0 N–H and O–H groups in total. The zero-order chi connectivity index (χ0) is 54.1. The first kappa shape index (κ1) is 50.5. The molecule has 5 heteroatoms. The van der Waals surface area contributed by atoms with Crippen LogP contribution in [0.25, 0.3) is 10.1 Å². The third-order valence-corrected chi connectivity index (χ3v) is 20.9. The standard InChI is InChI=1S/C72H80BN3S/c1-66(2,3)45-26-29-59-58(39-45)73-63-60(75(59)51-37-46(67(4,5)6)36-47(38-51)68(7,8)9)41-52(74(48-22-18-16-19-23-48)49-24-20-17-21-25-49)42-61(63)76(50-27-28-54-55(40-50)70(12,13)31-30-69(54,10)11)64-53-43-56-57(44-62(53)77-65(64)73)72(15)34-32-71(56,14)33-35-72/h16-29,36-44H,30-35H2,1-15H3. The number of fused-ring (bicyclic) bond motifs is 9. The fraction of sp³-hybridized carbons (Fsp3) is 0.389. The zero-order valence-electron chi connectivity index (χ0n) is 48.8. The molecule has 1 saturated carbocycles. The summed E-state index contributed by atoms with van der Waals surface area (Å²) >= 11 is 2.08. The van der Waals surface area contributed by atoms with Crippen molar-refractivity contribution in [3.8, 4) is 0 Å². The van der Waals surface area contributed by atoms with E-state index in [9.17, 15) is 0 Å². The number of anilines is 9. The van der Waals surface area contributed by atoms with E-state index in [-0.39, 0.29) is 44.6 Å². The van der Waals surface area contributed by atoms with Crippen LogP contribution in [0.2, 0.25) is 0 Å². The normalized spacial score (nSPS) is 20.8. The maximum Gasteiger partial charge on any atom is 0.264 e. The van der Waals surface area contributed by atoms with Crippen molar-refractivity contribution in [3.05, 3.63) is 178 Å². The van der Waals surface area contributed by atoms with Crippen LogP contribution in [0.5, 0.6) is 0 Å². The number of rotatable bonds is 5. The van der Waals surface area contributed by atoms with Crippen molar-refractivity contribution in [3.63, 3.8) is 0 Å². The van der Waals surface area contributed by atoms with Crippen LogP contribution >= 0.6 is 11.3 Å². The van der Waals surface area contributed by atoms with Gasteiger partial charge in [-0.1, -0.05) is 165 Å². The van der Waals surface area contributed by atoms with E-state index in [0.29, 0.717) is 0 Å². The summed E-state index contributed by atoms with van der Waals surface area (Å²) in [5.41, 5.74) is 24.3. The Kier molecular flexibility index (Phi) is 11.0. The number of benzene rings is 7. The van der Waals surface area contributed by atoms with Gasteiger partial charge in [-0.3, -0.25) is 0 Å². The number of para-hydroxylation sites is 2. The van der Waals surface area contributed by atoms with Crippen LogP contribution in [0.3, 0.4) is 0 Å². The molecule has 0 spiro atoms. The molecule has 0 saturated heterocycles. The summed E-state index contributed by atoms with van der Waals surface area (Å²) < 4.78 is 2.88. The Balaban J connectivity index is 1.21. The summed E-state index contributed by atoms with van der Waals surface area (Å²) in [5.74, 6) is 0. The molecule has 14 rings (SSSR count). The fourth-order valence-electron chi connectivity index (χ4n) is 14.5. The Labute approximate surface area is 465 Å². The maximum absolute atomic E-state index is 2.78. The van der Waals surface area contributed by atoms with Crippen LogP contribution in [-0.4, -0.2) is 6.71 Å². The van der Waals surface area contributed by atoms with E-state index in [1.165, 1.54) is 120 Å². The Hall–Kier alpha value is -6.04. The van der Waals surface area contributed by atoms with Crippen LogP contribution in [0.15, 0.2) is 140 Å². The maximum atomic E-state index is 2.78. The monoisotopic (exact) mass is 1030 g/mol. The summed E-state index contributed by atoms with van der Waals surface area (Å²) in [4.78, 5) is 7.97. The summed E-state index contributed by atoms with van der Waals surface area (Å²) in [6.07, 6.45) is 7.40. The van der Waals surface area contributed by atoms with Crippen molar-refractivity contribution in [1.82, 2.24) is 0 Å². The molecule has 0 atom stereocenters. The molecule has 2 aliphatic heterocycles. The lowest BCUT2D eigenvalue weighted by atomic mass is 9.36. The molecule has 1 fully saturated rings. The molecule has 1 aromatic heterocycles. The summed E-state index contributed by atoms with van der Waals surface area (Å²) in [6, 6.07) is 55.4. The molecule has 4 aliphatic carbocycles. The molecule has 0 radical (unpaired) electrons. The molecule has 7 aromatic carbocycles. The van der Waals surface area contributed by atoms with Gasteiger partial charge in [0.2, 0.25) is 0 Å². The van der Waals surface area contributed by atoms with Gasteiger partial charge in [-0.15, -0.1) is 11.3 Å². The lowest BCUT2D eigenvalue weighted by Crippen LogP contribution is -2.60. The predicted octanol–water partition coefficient (Wildman–Crippen LogP) is 18.8. The molecule has 6 aliphatic rings. The smallest absolute Gasteiger partial charge is 0.264 e. The number of hydrogen-bond donors (Lipinski definition) is 0. The minimum atomic E-state index is -0.0731. The van der Waals surface area contributed by atoms with Gasteiger partial charge in [-0.2, -0.15) is 0 Å². The molecule has 8 aromatic rings. The Morgan fingerprint density at radius 1 is 0.442 bits per heavy atom. The Morgan fingerprint density at radius 3 is 1.53 bits per heavy atom. The van der Waals surface area contributed by atoms with Gasteiger partial charge in [-0.05, 0) is 205 Å². The van der Waals surface area contributed by atoms with Crippen LogP contribution < -0.4 is 30.4 Å². The Bertz CT molecular complexity index is 3630. The van der Waals surface area contributed by atoms with Crippen molar-refractivity contribution in [2.75, 3.05) is 14.7 Å². The highest BCUT2D eigenvalue weighted by molar-refractivity contribution is 7.33. The lowest BCUT2D eigenvalue weighted by molar-refractivity contribution is 0.188. The van der Waals surface area contributed by atoms with Crippen molar-refractivity contribution in [2.45, 2.75) is 180 Å². The van der Waals surface area contributed by atoms with E-state index < -0.39 is 0 Å². The summed E-state index contributed by atoms with van der Waals surface area (Å²) in [7, 11) is 0. The van der Waals surface area contributed by atoms with Crippen LogP contribution in [-0.2, 0) is 37.9 Å². The van der Waals surface area contributed by atoms with E-state index >= 15 is 0 Å². The van der Waals surface area contributed by atoms with E-state index in [1.807, 2.05) is 0 Å². The molecular weight excluding hydrogens is 950 g/mol. The van der Waals surface area contributed by atoms with E-state index in [1.54, 1.807) is 11.1 Å². The summed E-state index contributed by atoms with van der Waals surface area (Å²) in [6.45, 7) is 36.5. The van der Waals surface area contributed by atoms with Gasteiger partial charge in [0.25, 0.3) is 6.71 Å². The third kappa shape index (κ3) is 7.85. The molecular formula is C72H80BN3S. The quantitative estimate of drug-likeness (QED) is 0.159. The molecule has 0 unspecified atom stereocenters. The van der Waals surface area contributed by atoms with Crippen molar-refractivity contribution in [1.29, 1.82) is 0 Å². The molecule has 2 bridgehead atoms. The first-order chi connectivity index (χ1) is 36.2. The highest BCUT2D eigenvalue weighted by Gasteiger charge is 2.51. The van der Waals surface area contributed by atoms with Crippen LogP contribution in [0, 0.1) is 0 Å². The largest absolute Gasteiger partial charge is 0.311 e. The number of thiophene rings is 1. The Morgan fingerprint density at radius 2 is 0.974 bits per heavy atom.